The molecule has 0 radical (unpaired) electrons. The summed E-state index contributed by atoms with van der Waals surface area (Å²) in [5.74, 6) is -5.18. The number of primary amides is 1. The molecule has 0 saturated heterocycles. The number of likely N-dealkylation sites (N-methyl/N-ethyl adjacent to an activating group) is 1. The van der Waals surface area contributed by atoms with Gasteiger partial charge in [-0.3, -0.25) is 52.8 Å². The molecule has 114 heavy (non-hydrogen) atoms. The number of carbonyl (C=O) groups is 9. The first-order valence-corrected chi connectivity index (χ1v) is 42.2. The number of pyridine rings is 1. The Labute approximate surface area is 665 Å². The van der Waals surface area contributed by atoms with E-state index < -0.39 is 97.9 Å². The second kappa shape index (κ2) is 35.8. The maximum atomic E-state index is 14.5. The third kappa shape index (κ3) is 21.9. The van der Waals surface area contributed by atoms with Gasteiger partial charge in [0.2, 0.25) is 17.7 Å². The van der Waals surface area contributed by atoms with Crippen LogP contribution in [0, 0.1) is 29.1 Å². The van der Waals surface area contributed by atoms with E-state index in [1.54, 1.807) is 63.5 Å². The van der Waals surface area contributed by atoms with Crippen LogP contribution >= 0.6 is 11.3 Å². The summed E-state index contributed by atoms with van der Waals surface area (Å²) in [7, 11) is -6.90. The molecule has 3 aromatic carbocycles. The van der Waals surface area contributed by atoms with Gasteiger partial charge in [0.15, 0.2) is 10.8 Å². The van der Waals surface area contributed by atoms with Crippen molar-refractivity contribution in [1.82, 2.24) is 50.4 Å². The Morgan fingerprint density at radius 1 is 0.754 bits per heavy atom. The molecule has 6 aliphatic rings. The summed E-state index contributed by atoms with van der Waals surface area (Å²) in [5.41, 5.74) is 9.05. The van der Waals surface area contributed by atoms with Crippen LogP contribution in [0.5, 0.6) is 5.75 Å². The number of rotatable bonds is 39. The standard InChI is InChI=1S/C78H100N14O19S3/c1-49(2)66(86-63(93)16-8-7-11-29-91-64(94)25-26-65(91)95)70(98)83-59(14-12-28-80-72(79)101)69(97)82-52-19-17-51(18-20-52)41-110-74(102)89(34-38-114(106,107)108)32-35-109-60-23-21-55(68(96)87-73-84-58-13-9-10-15-61(58)112-73)57-40-90(30-27-53(57)60)62-24-22-54(67(85-62)71(99)100)56-39-81-92(50(56)3)48-77-43-75(4)42-76(5,44-77)46-78(45-75,47-77)111-36-31-88(6)33-37-113(103,104)105/h9-10,13,15,17-26,39,49,59,66H,7-8,11-12,14,16,27-38,40-48H2,1-6H3,(H,82,97)(H,83,98)(H,86,93)(H,99,100)(H3,79,80,101)(H,84,87,96)(H,103,104,105)(H,106,107,108)/t59-,66-,75?,76?,77?,78?/m0/s1. The number of hydrogen-bond donors (Lipinski definition) is 9. The van der Waals surface area contributed by atoms with Gasteiger partial charge in [0.25, 0.3) is 38.0 Å². The van der Waals surface area contributed by atoms with Crippen LogP contribution < -0.4 is 42.0 Å². The van der Waals surface area contributed by atoms with E-state index in [-0.39, 0.29) is 129 Å². The van der Waals surface area contributed by atoms with Gasteiger partial charge in [-0.2, -0.15) is 21.9 Å². The van der Waals surface area contributed by atoms with Crippen molar-refractivity contribution in [3.8, 4) is 16.9 Å². The molecule has 4 bridgehead atoms. The molecule has 4 aliphatic carbocycles. The highest BCUT2D eigenvalue weighted by molar-refractivity contribution is 7.86. The number of ether oxygens (including phenoxy) is 3. The minimum absolute atomic E-state index is 0.00489. The van der Waals surface area contributed by atoms with E-state index in [4.69, 9.17) is 30.0 Å². The van der Waals surface area contributed by atoms with Gasteiger partial charge in [-0.05, 0) is 166 Å². The van der Waals surface area contributed by atoms with Crippen molar-refractivity contribution in [2.75, 3.05) is 93.1 Å². The van der Waals surface area contributed by atoms with E-state index in [9.17, 15) is 74.2 Å². The number of carboxylic acids is 1. The lowest BCUT2D eigenvalue weighted by molar-refractivity contribution is -0.248. The second-order valence-electron chi connectivity index (χ2n) is 31.8. The summed E-state index contributed by atoms with van der Waals surface area (Å²) in [4.78, 5) is 133. The lowest BCUT2D eigenvalue weighted by Gasteiger charge is -2.69. The number of anilines is 3. The number of fused-ring (bicyclic) bond motifs is 2. The molecule has 33 nitrogen and oxygen atoms in total. The molecular weight excluding hydrogens is 1530 g/mol. The molecule has 10 N–H and O–H groups in total. The molecule has 2 aliphatic heterocycles. The Bertz CT molecular complexity index is 4830. The first-order chi connectivity index (χ1) is 53.9. The largest absolute Gasteiger partial charge is 0.491 e. The normalized spacial score (nSPS) is 20.2. The molecule has 12 rings (SSSR count). The number of carboxylic acid groups (broad SMARTS) is 1. The first kappa shape index (κ1) is 84.9. The third-order valence-corrected chi connectivity index (χ3v) is 24.2. The summed E-state index contributed by atoms with van der Waals surface area (Å²) in [6, 6.07) is 17.3. The fourth-order valence-electron chi connectivity index (χ4n) is 17.6. The maximum absolute atomic E-state index is 14.5. The van der Waals surface area contributed by atoms with Crippen molar-refractivity contribution in [3.05, 3.63) is 125 Å². The number of aromatic nitrogens is 4. The Kier molecular flexibility index (Phi) is 26.7. The molecule has 9 amide bonds. The molecular formula is C78H100N14O19S3. The number of carbonyl (C=O) groups excluding carboxylic acids is 8. The number of para-hydroxylation sites is 1. The summed E-state index contributed by atoms with van der Waals surface area (Å²) < 4.78 is 88.1. The van der Waals surface area contributed by atoms with Crippen LogP contribution in [0.4, 0.5) is 26.2 Å². The summed E-state index contributed by atoms with van der Waals surface area (Å²) in [5, 5.41) is 29.9. The molecule has 614 valence electrons. The Balaban J connectivity index is 0.742. The number of unbranched alkanes of at least 4 members (excludes halogenated alkanes) is 2. The number of benzene rings is 3. The fraction of sp³-hybridized carbons (Fsp3) is 0.513. The average Bonchev–Trinajstić information content (AvgIpc) is 0.765. The SMILES string of the molecule is Cc1c(-c2ccc(N3CCc4c(OCCN(CCS(=O)(=O)O)C(=O)OCc5ccc(NC(=O)[C@H](CCCNC(N)=O)NC(=O)[C@@H](NC(=O)CCCCCN6C(=O)C=CC6=O)C(C)C)cc5)ccc(C(=O)Nc5nc6ccccc6s5)c4C3)nc2C(=O)O)cnn1CC12CC3(C)CC(C)(C1)CC(OCCN(C)CCS(=O)(=O)O)(C3)C2. The number of nitrogens with one attached hydrogen (secondary N) is 5. The predicted molar refractivity (Wildman–Crippen MR) is 423 cm³/mol. The number of imide groups is 1. The molecule has 3 aromatic heterocycles. The predicted octanol–water partition coefficient (Wildman–Crippen LogP) is 7.74. The van der Waals surface area contributed by atoms with E-state index in [1.165, 1.54) is 35.6 Å². The van der Waals surface area contributed by atoms with Crippen LogP contribution in [0.15, 0.2) is 91.1 Å². The van der Waals surface area contributed by atoms with E-state index in [2.05, 4.69) is 45.4 Å². The van der Waals surface area contributed by atoms with Crippen molar-refractivity contribution in [2.24, 2.45) is 27.9 Å². The zero-order valence-corrected chi connectivity index (χ0v) is 67.2. The topological polar surface area (TPSA) is 453 Å². The smallest absolute Gasteiger partial charge is 0.410 e. The van der Waals surface area contributed by atoms with Gasteiger partial charge in [0.05, 0.1) is 46.7 Å². The number of amides is 9. The average molecular weight is 1630 g/mol. The number of urea groups is 1. The van der Waals surface area contributed by atoms with Crippen LogP contribution in [0.3, 0.4) is 0 Å². The lowest BCUT2D eigenvalue weighted by atomic mass is 9.39. The molecule has 2 unspecified atom stereocenters. The van der Waals surface area contributed by atoms with Gasteiger partial charge < -0.3 is 61.0 Å². The fourth-order valence-corrected chi connectivity index (χ4v) is 19.4. The van der Waals surface area contributed by atoms with Crippen LogP contribution in [0.25, 0.3) is 21.3 Å². The van der Waals surface area contributed by atoms with Crippen LogP contribution in [0.2, 0.25) is 0 Å². The molecule has 6 aromatic rings. The zero-order chi connectivity index (χ0) is 82.1. The van der Waals surface area contributed by atoms with Crippen LogP contribution in [-0.2, 0) is 79.8 Å². The van der Waals surface area contributed by atoms with Crippen molar-refractivity contribution < 1.29 is 88.4 Å². The Hall–Kier alpha value is -9.98. The third-order valence-electron chi connectivity index (χ3n) is 21.8. The summed E-state index contributed by atoms with van der Waals surface area (Å²) in [6.07, 6.45) is 10.8. The maximum Gasteiger partial charge on any atom is 0.410 e. The molecule has 36 heteroatoms. The second-order valence-corrected chi connectivity index (χ2v) is 35.9. The van der Waals surface area contributed by atoms with Gasteiger partial charge in [0, 0.05) is 105 Å². The highest BCUT2D eigenvalue weighted by atomic mass is 32.2. The molecule has 4 fully saturated rings. The lowest BCUT2D eigenvalue weighted by Crippen LogP contribution is -2.64. The van der Waals surface area contributed by atoms with Crippen LogP contribution in [0.1, 0.15) is 148 Å². The quantitative estimate of drug-likeness (QED) is 0.0101. The number of thiazole rings is 1. The van der Waals surface area contributed by atoms with Gasteiger partial charge in [-0.15, -0.1) is 0 Å². The highest BCUT2D eigenvalue weighted by Gasteiger charge is 2.66. The summed E-state index contributed by atoms with van der Waals surface area (Å²) in [6.45, 7) is 11.0. The van der Waals surface area contributed by atoms with Gasteiger partial charge in [-0.1, -0.05) is 69.7 Å². The Morgan fingerprint density at radius 2 is 1.46 bits per heavy atom. The van der Waals surface area contributed by atoms with Gasteiger partial charge in [-0.25, -0.2) is 24.4 Å². The minimum atomic E-state index is -4.60. The molecule has 0 spiro atoms. The monoisotopic (exact) mass is 1630 g/mol. The minimum Gasteiger partial charge on any atom is -0.491 e. The van der Waals surface area contributed by atoms with Crippen molar-refractivity contribution >= 4 is 112 Å². The zero-order valence-electron chi connectivity index (χ0n) is 64.7. The molecule has 4 atom stereocenters. The van der Waals surface area contributed by atoms with Crippen LogP contribution in [-0.4, -0.2) is 214 Å². The van der Waals surface area contributed by atoms with Crippen molar-refractivity contribution in [1.29, 1.82) is 0 Å². The number of aromatic carboxylic acids is 1. The van der Waals surface area contributed by atoms with Gasteiger partial charge in [0.1, 0.15) is 36.9 Å². The first-order valence-electron chi connectivity index (χ1n) is 38.1. The van der Waals surface area contributed by atoms with E-state index in [0.717, 1.165) is 58.7 Å². The molecule has 4 saturated carbocycles. The number of nitrogens with zero attached hydrogens (tertiary/aromatic N) is 8. The molecule has 5 heterocycles. The number of hydrogen-bond acceptors (Lipinski definition) is 22. The van der Waals surface area contributed by atoms with E-state index >= 15 is 0 Å². The van der Waals surface area contributed by atoms with E-state index in [1.807, 2.05) is 45.7 Å². The number of nitrogens with two attached hydrogens (primary N) is 1. The van der Waals surface area contributed by atoms with Crippen molar-refractivity contribution in [2.45, 2.75) is 155 Å². The highest BCUT2D eigenvalue weighted by Crippen LogP contribution is 2.72. The van der Waals surface area contributed by atoms with Gasteiger partial charge >= 0.3 is 18.1 Å². The Morgan fingerprint density at radius 3 is 2.15 bits per heavy atom. The summed E-state index contributed by atoms with van der Waals surface area (Å²) >= 11 is 1.29. The van der Waals surface area contributed by atoms with Crippen molar-refractivity contribution in [3.63, 3.8) is 0 Å². The van der Waals surface area contributed by atoms with E-state index in [0.29, 0.717) is 89.0 Å².